The number of ether oxygens (including phenoxy) is 3. The summed E-state index contributed by atoms with van der Waals surface area (Å²) in [5.41, 5.74) is 0.444. The number of carboxylic acids is 1. The highest BCUT2D eigenvalue weighted by molar-refractivity contribution is 5.94. The fraction of sp³-hybridized carbons (Fsp3) is 0.500. The highest BCUT2D eigenvalue weighted by Gasteiger charge is 2.19. The normalized spacial score (nSPS) is 11.6. The number of hydrogen-bond acceptors (Lipinski definition) is 6. The van der Waals surface area contributed by atoms with Crippen LogP contribution in [0.2, 0.25) is 0 Å². The third-order valence-electron chi connectivity index (χ3n) is 3.39. The Bertz CT molecular complexity index is 549. The van der Waals surface area contributed by atoms with Gasteiger partial charge in [0.05, 0.1) is 45.4 Å². The second kappa shape index (κ2) is 10.5. The maximum absolute atomic E-state index is 12.1. The molecule has 0 aliphatic carbocycles. The van der Waals surface area contributed by atoms with E-state index in [1.807, 2.05) is 0 Å². The Hall–Kier alpha value is -2.32. The van der Waals surface area contributed by atoms with Gasteiger partial charge in [-0.25, -0.2) is 0 Å². The van der Waals surface area contributed by atoms with Crippen molar-refractivity contribution in [3.8, 4) is 11.5 Å². The quantitative estimate of drug-likeness (QED) is 0.487. The molecule has 0 aliphatic rings. The van der Waals surface area contributed by atoms with Gasteiger partial charge in [0.25, 0.3) is 0 Å². The van der Waals surface area contributed by atoms with Crippen LogP contribution in [0.1, 0.15) is 12.8 Å². The summed E-state index contributed by atoms with van der Waals surface area (Å²) in [7, 11) is 4.57. The van der Waals surface area contributed by atoms with E-state index in [4.69, 9.17) is 14.2 Å². The predicted molar refractivity (Wildman–Crippen MR) is 84.9 cm³/mol. The Morgan fingerprint density at radius 1 is 1.25 bits per heavy atom. The second-order valence-electron chi connectivity index (χ2n) is 5.11. The van der Waals surface area contributed by atoms with Gasteiger partial charge in [-0.1, -0.05) is 0 Å². The van der Waals surface area contributed by atoms with E-state index in [0.29, 0.717) is 36.8 Å². The van der Waals surface area contributed by atoms with Crippen LogP contribution in [-0.4, -0.2) is 52.4 Å². The molecule has 1 amide bonds. The van der Waals surface area contributed by atoms with Crippen LogP contribution in [0.3, 0.4) is 0 Å². The lowest BCUT2D eigenvalue weighted by atomic mass is 10.2. The van der Waals surface area contributed by atoms with Crippen molar-refractivity contribution < 1.29 is 34.2 Å². The van der Waals surface area contributed by atoms with E-state index in [-0.39, 0.29) is 6.42 Å². The highest BCUT2D eigenvalue weighted by atomic mass is 16.5. The number of nitrogens with one attached hydrogen (secondary N) is 1. The van der Waals surface area contributed by atoms with Gasteiger partial charge >= 0.3 is 0 Å². The lowest BCUT2D eigenvalue weighted by Crippen LogP contribution is -2.93. The van der Waals surface area contributed by atoms with Crippen LogP contribution in [0.4, 0.5) is 5.69 Å². The zero-order valence-electron chi connectivity index (χ0n) is 14.2. The van der Waals surface area contributed by atoms with Crippen LogP contribution in [0.5, 0.6) is 11.5 Å². The van der Waals surface area contributed by atoms with Gasteiger partial charge in [-0.3, -0.25) is 4.79 Å². The van der Waals surface area contributed by atoms with Crippen molar-refractivity contribution in [1.29, 1.82) is 0 Å². The van der Waals surface area contributed by atoms with Crippen molar-refractivity contribution in [1.82, 2.24) is 0 Å². The van der Waals surface area contributed by atoms with Crippen LogP contribution in [0, 0.1) is 0 Å². The summed E-state index contributed by atoms with van der Waals surface area (Å²) in [6.45, 7) is 1.07. The molecule has 0 bridgehead atoms. The summed E-state index contributed by atoms with van der Waals surface area (Å²) in [5.74, 6) is -0.694. The molecule has 0 saturated heterocycles. The molecule has 0 fully saturated rings. The Kier molecular flexibility index (Phi) is 8.59. The van der Waals surface area contributed by atoms with Gasteiger partial charge in [0, 0.05) is 19.6 Å². The largest absolute Gasteiger partial charge is 0.544 e. The average molecular weight is 340 g/mol. The van der Waals surface area contributed by atoms with Crippen LogP contribution in [0.25, 0.3) is 0 Å². The van der Waals surface area contributed by atoms with E-state index in [1.165, 1.54) is 14.2 Å². The molecule has 3 N–H and O–H groups in total. The molecule has 1 aromatic carbocycles. The van der Waals surface area contributed by atoms with Crippen molar-refractivity contribution in [2.75, 3.05) is 39.8 Å². The lowest BCUT2D eigenvalue weighted by Gasteiger charge is -2.17. The highest BCUT2D eigenvalue weighted by Crippen LogP contribution is 2.29. The Morgan fingerprint density at radius 2 is 2.00 bits per heavy atom. The molecule has 1 atom stereocenters. The van der Waals surface area contributed by atoms with E-state index >= 15 is 0 Å². The van der Waals surface area contributed by atoms with Gasteiger partial charge in [0.1, 0.15) is 17.5 Å². The number of rotatable bonds is 11. The fourth-order valence-electron chi connectivity index (χ4n) is 2.11. The fourth-order valence-corrected chi connectivity index (χ4v) is 2.11. The molecule has 0 heterocycles. The molecule has 0 spiro atoms. The maximum Gasteiger partial charge on any atom is 0.230 e. The van der Waals surface area contributed by atoms with Crippen LogP contribution < -0.4 is 25.2 Å². The Morgan fingerprint density at radius 3 is 2.58 bits per heavy atom. The van der Waals surface area contributed by atoms with Crippen LogP contribution in [0.15, 0.2) is 18.2 Å². The molecule has 0 unspecified atom stereocenters. The van der Waals surface area contributed by atoms with E-state index < -0.39 is 17.9 Å². The van der Waals surface area contributed by atoms with Gasteiger partial charge in [0.2, 0.25) is 5.91 Å². The number of nitrogens with two attached hydrogens (primary N) is 1. The summed E-state index contributed by atoms with van der Waals surface area (Å²) in [5, 5.41) is 15.4. The maximum atomic E-state index is 12.1. The number of quaternary nitrogens is 1. The molecule has 8 nitrogen and oxygen atoms in total. The molecule has 134 valence electrons. The topological polar surface area (TPSA) is 114 Å². The summed E-state index contributed by atoms with van der Waals surface area (Å²) >= 11 is 0. The number of benzene rings is 1. The van der Waals surface area contributed by atoms with Crippen molar-refractivity contribution >= 4 is 17.6 Å². The minimum atomic E-state index is -1.27. The minimum Gasteiger partial charge on any atom is -0.544 e. The van der Waals surface area contributed by atoms with Crippen molar-refractivity contribution in [3.05, 3.63) is 18.2 Å². The first-order valence-electron chi connectivity index (χ1n) is 7.56. The molecule has 24 heavy (non-hydrogen) atoms. The summed E-state index contributed by atoms with van der Waals surface area (Å²) in [4.78, 5) is 23.3. The smallest absolute Gasteiger partial charge is 0.230 e. The first-order chi connectivity index (χ1) is 11.5. The first-order valence-corrected chi connectivity index (χ1v) is 7.56. The summed E-state index contributed by atoms with van der Waals surface area (Å²) < 4.78 is 15.2. The van der Waals surface area contributed by atoms with E-state index in [9.17, 15) is 14.7 Å². The summed E-state index contributed by atoms with van der Waals surface area (Å²) in [6, 6.07) is 3.98. The number of anilines is 1. The minimum absolute atomic E-state index is 0.204. The zero-order chi connectivity index (χ0) is 17.9. The number of carbonyl (C=O) groups excluding carboxylic acids is 2. The number of carboxylic acid groups (broad SMARTS) is 1. The molecule has 0 aliphatic heterocycles. The van der Waals surface area contributed by atoms with Crippen molar-refractivity contribution in [3.63, 3.8) is 0 Å². The molecule has 8 heteroatoms. The van der Waals surface area contributed by atoms with Crippen LogP contribution in [-0.2, 0) is 14.3 Å². The molecular weight excluding hydrogens is 316 g/mol. The average Bonchev–Trinajstić information content (AvgIpc) is 2.57. The van der Waals surface area contributed by atoms with E-state index in [2.05, 4.69) is 5.32 Å². The molecule has 1 aromatic rings. The summed E-state index contributed by atoms with van der Waals surface area (Å²) in [6.07, 6.45) is 0.485. The first kappa shape index (κ1) is 19.7. The van der Waals surface area contributed by atoms with Gasteiger partial charge in [-0.05, 0) is 12.1 Å². The van der Waals surface area contributed by atoms with Crippen LogP contribution >= 0.6 is 0 Å². The third kappa shape index (κ3) is 6.43. The molecule has 0 aromatic heterocycles. The van der Waals surface area contributed by atoms with E-state index in [1.54, 1.807) is 30.6 Å². The molecule has 1 rings (SSSR count). The number of carbonyl (C=O) groups is 2. The molecular formula is C16H24N2O6. The lowest BCUT2D eigenvalue weighted by molar-refractivity contribution is -0.682. The van der Waals surface area contributed by atoms with Gasteiger partial charge in [-0.15, -0.1) is 0 Å². The second-order valence-corrected chi connectivity index (χ2v) is 5.11. The number of hydrogen-bond donors (Lipinski definition) is 2. The number of methoxy groups -OCH3 is 3. The zero-order valence-corrected chi connectivity index (χ0v) is 14.2. The molecule has 0 radical (unpaired) electrons. The monoisotopic (exact) mass is 340 g/mol. The third-order valence-corrected chi connectivity index (χ3v) is 3.39. The standard InChI is InChI=1S/C16H24N2O6/c1-22-8-4-7-17-13(16(20)21)10-15(19)18-12-6-5-11(23-2)9-14(12)24-3/h5-6,9,13,17H,4,7-8,10H2,1-3H3,(H,18,19)(H,20,21)/t13-/m0/s1. The Balaban J connectivity index is 2.63. The predicted octanol–water partition coefficient (Wildman–Crippen LogP) is -1.25. The van der Waals surface area contributed by atoms with Crippen molar-refractivity contribution in [2.45, 2.75) is 18.9 Å². The Labute approximate surface area is 141 Å². The van der Waals surface area contributed by atoms with Crippen molar-refractivity contribution in [2.24, 2.45) is 0 Å². The molecule has 0 saturated carbocycles. The SMILES string of the molecule is COCCC[NH2+][C@@H](CC(=O)Nc1ccc(OC)cc1OC)C(=O)[O-]. The van der Waals surface area contributed by atoms with Gasteiger partial charge < -0.3 is 34.7 Å². The van der Waals surface area contributed by atoms with Gasteiger partial charge in [-0.2, -0.15) is 0 Å². The van der Waals surface area contributed by atoms with Gasteiger partial charge in [0.15, 0.2) is 0 Å². The number of amides is 1. The van der Waals surface area contributed by atoms with E-state index in [0.717, 1.165) is 0 Å². The number of aliphatic carboxylic acids is 1.